The van der Waals surface area contributed by atoms with Crippen molar-refractivity contribution in [2.45, 2.75) is 39.9 Å². The number of benzene rings is 2. The third kappa shape index (κ3) is 3.93. The first-order valence-corrected chi connectivity index (χ1v) is 7.34. The van der Waals surface area contributed by atoms with Crippen LogP contribution < -0.4 is 0 Å². The lowest BCUT2D eigenvalue weighted by atomic mass is 9.93. The molecule has 1 N–H and O–H groups in total. The lowest BCUT2D eigenvalue weighted by molar-refractivity contribution is 0.177. The fourth-order valence-electron chi connectivity index (χ4n) is 2.85. The van der Waals surface area contributed by atoms with Crippen LogP contribution in [0.5, 0.6) is 0 Å². The molecule has 0 spiro atoms. The zero-order valence-electron chi connectivity index (χ0n) is 13.3. The number of aliphatic hydroxyl groups excluding tert-OH is 1. The zero-order chi connectivity index (χ0) is 15.4. The molecule has 0 fully saturated rings. The summed E-state index contributed by atoms with van der Waals surface area (Å²) in [6.07, 6.45) is 0.184. The van der Waals surface area contributed by atoms with Gasteiger partial charge in [-0.15, -0.1) is 0 Å². The molecule has 2 heteroatoms. The van der Waals surface area contributed by atoms with E-state index in [4.69, 9.17) is 4.74 Å². The lowest BCUT2D eigenvalue weighted by Crippen LogP contribution is -2.05. The molecule has 112 valence electrons. The quantitative estimate of drug-likeness (QED) is 0.898. The smallest absolute Gasteiger partial charge is 0.0830 e. The molecule has 2 nitrogen and oxygen atoms in total. The molecule has 0 heterocycles. The van der Waals surface area contributed by atoms with E-state index >= 15 is 0 Å². The Labute approximate surface area is 127 Å². The second-order valence-electron chi connectivity index (χ2n) is 5.77. The predicted molar refractivity (Wildman–Crippen MR) is 86.5 cm³/mol. The van der Waals surface area contributed by atoms with Gasteiger partial charge in [0.1, 0.15) is 0 Å². The monoisotopic (exact) mass is 284 g/mol. The fraction of sp³-hybridized carbons (Fsp3) is 0.368. The van der Waals surface area contributed by atoms with Gasteiger partial charge in [0, 0.05) is 13.5 Å². The lowest BCUT2D eigenvalue weighted by Gasteiger charge is -2.16. The van der Waals surface area contributed by atoms with Gasteiger partial charge in [0.25, 0.3) is 0 Å². The summed E-state index contributed by atoms with van der Waals surface area (Å²) in [4.78, 5) is 0. The summed E-state index contributed by atoms with van der Waals surface area (Å²) in [7, 11) is 1.69. The van der Waals surface area contributed by atoms with Gasteiger partial charge in [-0.3, -0.25) is 0 Å². The summed E-state index contributed by atoms with van der Waals surface area (Å²) in [5.74, 6) is 0. The zero-order valence-corrected chi connectivity index (χ0v) is 13.3. The van der Waals surface area contributed by atoms with Gasteiger partial charge in [0.2, 0.25) is 0 Å². The third-order valence-corrected chi connectivity index (χ3v) is 3.91. The standard InChI is InChI=1S/C19H24O2/c1-13-9-14(2)18(15(3)10-13)11-19(20)17-7-5-16(6-8-17)12-21-4/h5-10,19-20H,11-12H2,1-4H3. The Hall–Kier alpha value is -1.64. The van der Waals surface area contributed by atoms with Crippen LogP contribution in [-0.4, -0.2) is 12.2 Å². The van der Waals surface area contributed by atoms with Crippen molar-refractivity contribution in [3.05, 3.63) is 69.8 Å². The van der Waals surface area contributed by atoms with Crippen LogP contribution in [0.15, 0.2) is 36.4 Å². The Morgan fingerprint density at radius 1 is 1.00 bits per heavy atom. The third-order valence-electron chi connectivity index (χ3n) is 3.91. The number of ether oxygens (including phenoxy) is 1. The van der Waals surface area contributed by atoms with Gasteiger partial charge in [-0.2, -0.15) is 0 Å². The average molecular weight is 284 g/mol. The second-order valence-corrected chi connectivity index (χ2v) is 5.77. The van der Waals surface area contributed by atoms with Gasteiger partial charge in [-0.25, -0.2) is 0 Å². The van der Waals surface area contributed by atoms with E-state index in [1.807, 2.05) is 24.3 Å². The van der Waals surface area contributed by atoms with Crippen molar-refractivity contribution in [1.29, 1.82) is 0 Å². The number of aliphatic hydroxyl groups is 1. The van der Waals surface area contributed by atoms with Gasteiger partial charge in [-0.05, 0) is 48.6 Å². The van der Waals surface area contributed by atoms with Gasteiger partial charge < -0.3 is 9.84 Å². The van der Waals surface area contributed by atoms with E-state index in [0.29, 0.717) is 13.0 Å². The molecule has 1 unspecified atom stereocenters. The maximum Gasteiger partial charge on any atom is 0.0830 e. The van der Waals surface area contributed by atoms with Gasteiger partial charge in [0.15, 0.2) is 0 Å². The molecule has 0 saturated carbocycles. The molecule has 0 aliphatic carbocycles. The Balaban J connectivity index is 2.16. The summed E-state index contributed by atoms with van der Waals surface area (Å²) < 4.78 is 5.10. The topological polar surface area (TPSA) is 29.5 Å². The summed E-state index contributed by atoms with van der Waals surface area (Å²) in [5.41, 5.74) is 7.09. The van der Waals surface area contributed by atoms with Crippen LogP contribution in [0.4, 0.5) is 0 Å². The van der Waals surface area contributed by atoms with E-state index in [1.54, 1.807) is 7.11 Å². The minimum atomic E-state index is -0.471. The summed E-state index contributed by atoms with van der Waals surface area (Å²) in [6.45, 7) is 6.94. The number of methoxy groups -OCH3 is 1. The predicted octanol–water partition coefficient (Wildman–Crippen LogP) is 4.03. The minimum absolute atomic E-state index is 0.471. The maximum absolute atomic E-state index is 10.5. The normalized spacial score (nSPS) is 12.4. The van der Waals surface area contributed by atoms with Crippen molar-refractivity contribution < 1.29 is 9.84 Å². The Morgan fingerprint density at radius 3 is 2.10 bits per heavy atom. The highest BCUT2D eigenvalue weighted by atomic mass is 16.5. The molecule has 2 aromatic carbocycles. The molecule has 2 rings (SSSR count). The van der Waals surface area contributed by atoms with E-state index in [1.165, 1.54) is 22.3 Å². The van der Waals surface area contributed by atoms with Crippen molar-refractivity contribution in [3.8, 4) is 0 Å². The largest absolute Gasteiger partial charge is 0.388 e. The molecule has 1 atom stereocenters. The van der Waals surface area contributed by atoms with Crippen LogP contribution >= 0.6 is 0 Å². The van der Waals surface area contributed by atoms with Gasteiger partial charge in [0.05, 0.1) is 12.7 Å². The van der Waals surface area contributed by atoms with Crippen LogP contribution in [-0.2, 0) is 17.8 Å². The van der Waals surface area contributed by atoms with Crippen molar-refractivity contribution in [1.82, 2.24) is 0 Å². The average Bonchev–Trinajstić information content (AvgIpc) is 2.43. The molecular weight excluding hydrogens is 260 g/mol. The van der Waals surface area contributed by atoms with Crippen LogP contribution in [0, 0.1) is 20.8 Å². The van der Waals surface area contributed by atoms with Crippen LogP contribution in [0.25, 0.3) is 0 Å². The summed E-state index contributed by atoms with van der Waals surface area (Å²) in [6, 6.07) is 12.3. The molecule has 2 aromatic rings. The fourth-order valence-corrected chi connectivity index (χ4v) is 2.85. The summed E-state index contributed by atoms with van der Waals surface area (Å²) in [5, 5.41) is 10.5. The van der Waals surface area contributed by atoms with E-state index in [2.05, 4.69) is 32.9 Å². The van der Waals surface area contributed by atoms with Crippen LogP contribution in [0.1, 0.15) is 39.5 Å². The van der Waals surface area contributed by atoms with E-state index in [0.717, 1.165) is 11.1 Å². The molecular formula is C19H24O2. The van der Waals surface area contributed by atoms with Crippen molar-refractivity contribution in [3.63, 3.8) is 0 Å². The van der Waals surface area contributed by atoms with Crippen LogP contribution in [0.3, 0.4) is 0 Å². The molecule has 0 aliphatic heterocycles. The highest BCUT2D eigenvalue weighted by Crippen LogP contribution is 2.24. The van der Waals surface area contributed by atoms with Gasteiger partial charge >= 0.3 is 0 Å². The number of rotatable bonds is 5. The molecule has 0 aliphatic rings. The molecule has 0 aromatic heterocycles. The van der Waals surface area contributed by atoms with Crippen molar-refractivity contribution in [2.75, 3.05) is 7.11 Å². The minimum Gasteiger partial charge on any atom is -0.388 e. The first kappa shape index (κ1) is 15.7. The number of hydrogen-bond acceptors (Lipinski definition) is 2. The van der Waals surface area contributed by atoms with Crippen molar-refractivity contribution >= 4 is 0 Å². The van der Waals surface area contributed by atoms with E-state index in [9.17, 15) is 5.11 Å². The van der Waals surface area contributed by atoms with Gasteiger partial charge in [-0.1, -0.05) is 42.0 Å². The first-order valence-electron chi connectivity index (χ1n) is 7.34. The van der Waals surface area contributed by atoms with Crippen LogP contribution in [0.2, 0.25) is 0 Å². The number of hydrogen-bond donors (Lipinski definition) is 1. The van der Waals surface area contributed by atoms with Crippen molar-refractivity contribution in [2.24, 2.45) is 0 Å². The number of aryl methyl sites for hydroxylation is 3. The highest BCUT2D eigenvalue weighted by molar-refractivity contribution is 5.38. The highest BCUT2D eigenvalue weighted by Gasteiger charge is 2.12. The molecule has 0 bridgehead atoms. The Bertz CT molecular complexity index is 576. The molecule has 0 amide bonds. The maximum atomic E-state index is 10.5. The molecule has 0 saturated heterocycles. The second kappa shape index (κ2) is 6.88. The van der Waals surface area contributed by atoms with E-state index < -0.39 is 6.10 Å². The molecule has 0 radical (unpaired) electrons. The molecule has 21 heavy (non-hydrogen) atoms. The van der Waals surface area contributed by atoms with E-state index in [-0.39, 0.29) is 0 Å². The SMILES string of the molecule is COCc1ccc(C(O)Cc2c(C)cc(C)cc2C)cc1. The Kier molecular flexibility index (Phi) is 5.16. The Morgan fingerprint density at radius 2 is 1.57 bits per heavy atom. The first-order chi connectivity index (χ1) is 10.0. The summed E-state index contributed by atoms with van der Waals surface area (Å²) >= 11 is 0.